The van der Waals surface area contributed by atoms with E-state index in [1.807, 2.05) is 66.7 Å². The minimum atomic E-state index is -0.235. The molecule has 0 atom stereocenters. The molecule has 118 valence electrons. The van der Waals surface area contributed by atoms with Gasteiger partial charge in [0.1, 0.15) is 0 Å². The summed E-state index contributed by atoms with van der Waals surface area (Å²) in [5, 5.41) is 3.99. The van der Waals surface area contributed by atoms with Gasteiger partial charge in [-0.3, -0.25) is 4.79 Å². The molecule has 0 heterocycles. The van der Waals surface area contributed by atoms with Crippen molar-refractivity contribution in [3.05, 3.63) is 94.5 Å². The molecule has 0 saturated heterocycles. The number of carbonyl (C=O) groups excluding carboxylic acids is 1. The number of rotatable bonds is 4. The summed E-state index contributed by atoms with van der Waals surface area (Å²) < 4.78 is 0.967. The molecule has 0 saturated carbocycles. The second-order valence-electron chi connectivity index (χ2n) is 5.20. The van der Waals surface area contributed by atoms with Crippen LogP contribution in [0.5, 0.6) is 0 Å². The molecule has 1 amide bonds. The van der Waals surface area contributed by atoms with Crippen LogP contribution in [0.15, 0.2) is 88.4 Å². The van der Waals surface area contributed by atoms with Gasteiger partial charge in [-0.1, -0.05) is 70.5 Å². The molecule has 0 bridgehead atoms. The van der Waals surface area contributed by atoms with Crippen LogP contribution in [0.4, 0.5) is 0 Å². The van der Waals surface area contributed by atoms with Crippen molar-refractivity contribution in [2.45, 2.75) is 0 Å². The van der Waals surface area contributed by atoms with E-state index in [1.54, 1.807) is 18.3 Å². The number of amides is 1. The molecule has 0 aliphatic carbocycles. The number of nitrogens with zero attached hydrogens (tertiary/aromatic N) is 1. The molecule has 1 N–H and O–H groups in total. The summed E-state index contributed by atoms with van der Waals surface area (Å²) in [6.07, 6.45) is 1.61. The fraction of sp³-hybridized carbons (Fsp3) is 0. The van der Waals surface area contributed by atoms with E-state index in [1.165, 1.54) is 0 Å². The summed E-state index contributed by atoms with van der Waals surface area (Å²) in [5.41, 5.74) is 6.21. The average Bonchev–Trinajstić information content (AvgIpc) is 2.63. The Labute approximate surface area is 149 Å². The number of halogens is 1. The minimum absolute atomic E-state index is 0.235. The smallest absolute Gasteiger partial charge is 0.267 e. The van der Waals surface area contributed by atoms with E-state index in [4.69, 9.17) is 0 Å². The molecule has 3 aromatic carbocycles. The van der Waals surface area contributed by atoms with Crippen molar-refractivity contribution in [1.82, 2.24) is 5.43 Å². The number of carbonyl (C=O) groups is 1. The lowest BCUT2D eigenvalue weighted by Gasteiger charge is -2.03. The fourth-order valence-corrected chi connectivity index (χ4v) is 2.68. The van der Waals surface area contributed by atoms with Crippen LogP contribution in [0.1, 0.15) is 15.9 Å². The Balaban J connectivity index is 1.65. The Bertz CT molecular complexity index is 858. The van der Waals surface area contributed by atoms with Gasteiger partial charge < -0.3 is 0 Å². The van der Waals surface area contributed by atoms with Crippen molar-refractivity contribution in [2.24, 2.45) is 5.10 Å². The molecule has 0 unspecified atom stereocenters. The van der Waals surface area contributed by atoms with Gasteiger partial charge in [0.25, 0.3) is 5.91 Å². The minimum Gasteiger partial charge on any atom is -0.267 e. The van der Waals surface area contributed by atoms with Crippen molar-refractivity contribution in [3.63, 3.8) is 0 Å². The molecule has 0 spiro atoms. The van der Waals surface area contributed by atoms with Crippen molar-refractivity contribution in [3.8, 4) is 11.1 Å². The van der Waals surface area contributed by atoms with Crippen LogP contribution >= 0.6 is 15.9 Å². The zero-order valence-corrected chi connectivity index (χ0v) is 14.4. The fourth-order valence-electron chi connectivity index (χ4n) is 2.26. The van der Waals surface area contributed by atoms with E-state index < -0.39 is 0 Å². The van der Waals surface area contributed by atoms with Crippen molar-refractivity contribution < 1.29 is 4.79 Å². The summed E-state index contributed by atoms with van der Waals surface area (Å²) in [4.78, 5) is 12.1. The summed E-state index contributed by atoms with van der Waals surface area (Å²) in [7, 11) is 0. The molecule has 0 radical (unpaired) electrons. The Kier molecular flexibility index (Phi) is 5.18. The van der Waals surface area contributed by atoms with Gasteiger partial charge in [-0.25, -0.2) is 5.43 Å². The third kappa shape index (κ3) is 4.18. The molecule has 3 aromatic rings. The zero-order valence-electron chi connectivity index (χ0n) is 12.8. The molecule has 0 aromatic heterocycles. The highest BCUT2D eigenvalue weighted by Crippen LogP contribution is 2.19. The van der Waals surface area contributed by atoms with Gasteiger partial charge in [0.2, 0.25) is 0 Å². The highest BCUT2D eigenvalue weighted by Gasteiger charge is 2.04. The molecule has 0 fully saturated rings. The quantitative estimate of drug-likeness (QED) is 0.510. The highest BCUT2D eigenvalue weighted by molar-refractivity contribution is 9.10. The van der Waals surface area contributed by atoms with Gasteiger partial charge in [0, 0.05) is 10.0 Å². The monoisotopic (exact) mass is 378 g/mol. The maximum atomic E-state index is 12.1. The number of benzene rings is 3. The predicted octanol–water partition coefficient (Wildman–Crippen LogP) is 4.88. The zero-order chi connectivity index (χ0) is 16.8. The van der Waals surface area contributed by atoms with Gasteiger partial charge in [0.05, 0.1) is 6.21 Å². The lowest BCUT2D eigenvalue weighted by Crippen LogP contribution is -2.17. The Morgan fingerprint density at radius 2 is 1.58 bits per heavy atom. The van der Waals surface area contributed by atoms with E-state index >= 15 is 0 Å². The van der Waals surface area contributed by atoms with Crippen molar-refractivity contribution >= 4 is 28.1 Å². The van der Waals surface area contributed by atoms with Gasteiger partial charge in [-0.2, -0.15) is 5.10 Å². The van der Waals surface area contributed by atoms with Crippen LogP contribution in [0.3, 0.4) is 0 Å². The van der Waals surface area contributed by atoms with E-state index in [2.05, 4.69) is 26.5 Å². The standard InChI is InChI=1S/C20H15BrN2O/c21-19-8-4-5-15(13-19)14-22-23-20(24)18-11-9-17(10-12-18)16-6-2-1-3-7-16/h1-14H,(H,23,24). The van der Waals surface area contributed by atoms with Crippen LogP contribution < -0.4 is 5.43 Å². The van der Waals surface area contributed by atoms with Gasteiger partial charge in [-0.15, -0.1) is 0 Å². The predicted molar refractivity (Wildman–Crippen MR) is 101 cm³/mol. The maximum Gasteiger partial charge on any atom is 0.271 e. The Morgan fingerprint density at radius 3 is 2.29 bits per heavy atom. The Morgan fingerprint density at radius 1 is 0.875 bits per heavy atom. The number of hydrogen-bond acceptors (Lipinski definition) is 2. The van der Waals surface area contributed by atoms with Gasteiger partial charge in [-0.05, 0) is 41.0 Å². The Hall–Kier alpha value is -2.72. The summed E-state index contributed by atoms with van der Waals surface area (Å²) in [5.74, 6) is -0.235. The first kappa shape index (κ1) is 16.1. The third-order valence-corrected chi connectivity index (χ3v) is 3.98. The van der Waals surface area contributed by atoms with E-state index in [0.29, 0.717) is 5.56 Å². The normalized spacial score (nSPS) is 10.7. The van der Waals surface area contributed by atoms with E-state index in [0.717, 1.165) is 21.2 Å². The molecule has 3 rings (SSSR count). The first-order chi connectivity index (χ1) is 11.7. The van der Waals surface area contributed by atoms with Gasteiger partial charge >= 0.3 is 0 Å². The first-order valence-corrected chi connectivity index (χ1v) is 8.26. The SMILES string of the molecule is O=C(NN=Cc1cccc(Br)c1)c1ccc(-c2ccccc2)cc1. The molecular formula is C20H15BrN2O. The number of nitrogens with one attached hydrogen (secondary N) is 1. The van der Waals surface area contributed by atoms with Crippen LogP contribution in [0, 0.1) is 0 Å². The molecule has 4 heteroatoms. The molecule has 24 heavy (non-hydrogen) atoms. The molecule has 3 nitrogen and oxygen atoms in total. The summed E-state index contributed by atoms with van der Waals surface area (Å²) in [6.45, 7) is 0. The maximum absolute atomic E-state index is 12.1. The summed E-state index contributed by atoms with van der Waals surface area (Å²) >= 11 is 3.40. The lowest BCUT2D eigenvalue weighted by atomic mass is 10.0. The van der Waals surface area contributed by atoms with Crippen LogP contribution in [-0.2, 0) is 0 Å². The van der Waals surface area contributed by atoms with Crippen LogP contribution in [-0.4, -0.2) is 12.1 Å². The first-order valence-electron chi connectivity index (χ1n) is 7.47. The third-order valence-electron chi connectivity index (χ3n) is 3.48. The van der Waals surface area contributed by atoms with E-state index in [-0.39, 0.29) is 5.91 Å². The second kappa shape index (κ2) is 7.70. The molecular weight excluding hydrogens is 364 g/mol. The van der Waals surface area contributed by atoms with E-state index in [9.17, 15) is 4.79 Å². The van der Waals surface area contributed by atoms with Crippen LogP contribution in [0.25, 0.3) is 11.1 Å². The largest absolute Gasteiger partial charge is 0.271 e. The van der Waals surface area contributed by atoms with Crippen molar-refractivity contribution in [1.29, 1.82) is 0 Å². The number of hydrazone groups is 1. The second-order valence-corrected chi connectivity index (χ2v) is 6.11. The average molecular weight is 379 g/mol. The topological polar surface area (TPSA) is 41.5 Å². The lowest BCUT2D eigenvalue weighted by molar-refractivity contribution is 0.0955. The highest BCUT2D eigenvalue weighted by atomic mass is 79.9. The van der Waals surface area contributed by atoms with Crippen molar-refractivity contribution in [2.75, 3.05) is 0 Å². The van der Waals surface area contributed by atoms with Crippen LogP contribution in [0.2, 0.25) is 0 Å². The number of hydrogen-bond donors (Lipinski definition) is 1. The van der Waals surface area contributed by atoms with Gasteiger partial charge in [0.15, 0.2) is 0 Å². The molecule has 0 aliphatic rings. The molecule has 0 aliphatic heterocycles. The summed E-state index contributed by atoms with van der Waals surface area (Å²) in [6, 6.07) is 25.2.